The van der Waals surface area contributed by atoms with E-state index in [9.17, 15) is 4.79 Å². The van der Waals surface area contributed by atoms with Crippen molar-refractivity contribution in [1.82, 2.24) is 5.06 Å². The Labute approximate surface area is 60.6 Å². The monoisotopic (exact) mass is 143 g/mol. The second-order valence-corrected chi connectivity index (χ2v) is 3.13. The van der Waals surface area contributed by atoms with E-state index in [0.29, 0.717) is 13.1 Å². The molecule has 1 heterocycles. The highest BCUT2D eigenvalue weighted by molar-refractivity contribution is 5.83. The molecule has 0 radical (unpaired) electrons. The summed E-state index contributed by atoms with van der Waals surface area (Å²) in [5.74, 6) is 0.467. The number of carbonyl (C=O) groups excluding carboxylic acids is 1. The molecule has 0 atom stereocenters. The standard InChI is InChI=1S/C7H13NO2/c1-5(2)7(9)6-3-8(10)4-6/h5-6,10H,3-4H2,1-2H3. The quantitative estimate of drug-likeness (QED) is 0.613. The highest BCUT2D eigenvalue weighted by atomic mass is 16.5. The van der Waals surface area contributed by atoms with E-state index in [1.54, 1.807) is 0 Å². The van der Waals surface area contributed by atoms with E-state index < -0.39 is 0 Å². The Balaban J connectivity index is 2.31. The summed E-state index contributed by atoms with van der Waals surface area (Å²) in [7, 11) is 0. The smallest absolute Gasteiger partial charge is 0.141 e. The van der Waals surface area contributed by atoms with Gasteiger partial charge in [-0.3, -0.25) is 4.79 Å². The summed E-state index contributed by atoms with van der Waals surface area (Å²) >= 11 is 0. The van der Waals surface area contributed by atoms with Crippen LogP contribution in [-0.2, 0) is 4.79 Å². The summed E-state index contributed by atoms with van der Waals surface area (Å²) in [6.45, 7) is 4.83. The van der Waals surface area contributed by atoms with Crippen LogP contribution in [0.25, 0.3) is 0 Å². The van der Waals surface area contributed by atoms with E-state index in [0.717, 1.165) is 0 Å². The molecule has 0 amide bonds. The number of ketones is 1. The van der Waals surface area contributed by atoms with E-state index in [-0.39, 0.29) is 17.6 Å². The average molecular weight is 143 g/mol. The molecule has 0 spiro atoms. The summed E-state index contributed by atoms with van der Waals surface area (Å²) in [5, 5.41) is 9.90. The molecule has 0 aliphatic carbocycles. The SMILES string of the molecule is CC(C)C(=O)C1CN(O)C1. The lowest BCUT2D eigenvalue weighted by molar-refractivity contribution is -0.177. The van der Waals surface area contributed by atoms with E-state index in [4.69, 9.17) is 5.21 Å². The second kappa shape index (κ2) is 2.68. The molecule has 1 aliphatic rings. The van der Waals surface area contributed by atoms with Gasteiger partial charge >= 0.3 is 0 Å². The Morgan fingerprint density at radius 2 is 2.10 bits per heavy atom. The molecule has 1 N–H and O–H groups in total. The maximum absolute atomic E-state index is 11.1. The first-order valence-electron chi connectivity index (χ1n) is 3.59. The molecule has 0 unspecified atom stereocenters. The maximum Gasteiger partial charge on any atom is 0.141 e. The van der Waals surface area contributed by atoms with Crippen molar-refractivity contribution in [1.29, 1.82) is 0 Å². The van der Waals surface area contributed by atoms with Crippen molar-refractivity contribution in [3.8, 4) is 0 Å². The Morgan fingerprint density at radius 3 is 2.40 bits per heavy atom. The maximum atomic E-state index is 11.1. The van der Waals surface area contributed by atoms with Crippen LogP contribution in [0.5, 0.6) is 0 Å². The van der Waals surface area contributed by atoms with Crippen molar-refractivity contribution in [2.24, 2.45) is 11.8 Å². The van der Waals surface area contributed by atoms with Gasteiger partial charge in [0.2, 0.25) is 0 Å². The third-order valence-corrected chi connectivity index (χ3v) is 1.83. The molecule has 0 aromatic rings. The van der Waals surface area contributed by atoms with E-state index >= 15 is 0 Å². The minimum atomic E-state index is 0.0880. The van der Waals surface area contributed by atoms with Crippen LogP contribution in [0.2, 0.25) is 0 Å². The van der Waals surface area contributed by atoms with Crippen molar-refractivity contribution in [3.63, 3.8) is 0 Å². The molecule has 3 heteroatoms. The van der Waals surface area contributed by atoms with E-state index in [1.165, 1.54) is 5.06 Å². The minimum absolute atomic E-state index is 0.0880. The number of Topliss-reactive ketones (excluding diaryl/α,β-unsaturated/α-hetero) is 1. The van der Waals surface area contributed by atoms with Crippen LogP contribution in [0.4, 0.5) is 0 Å². The topological polar surface area (TPSA) is 40.5 Å². The molecular formula is C7H13NO2. The predicted octanol–water partition coefficient (Wildman–Crippen LogP) is 0.532. The fourth-order valence-corrected chi connectivity index (χ4v) is 1.11. The Hall–Kier alpha value is -0.410. The van der Waals surface area contributed by atoms with Crippen LogP contribution in [0, 0.1) is 11.8 Å². The van der Waals surface area contributed by atoms with Crippen LogP contribution in [0.1, 0.15) is 13.8 Å². The van der Waals surface area contributed by atoms with Gasteiger partial charge in [-0.25, -0.2) is 0 Å². The molecule has 0 bridgehead atoms. The fraction of sp³-hybridized carbons (Fsp3) is 0.857. The number of hydroxylamine groups is 2. The third kappa shape index (κ3) is 1.36. The fourth-order valence-electron chi connectivity index (χ4n) is 1.11. The lowest BCUT2D eigenvalue weighted by Crippen LogP contribution is -2.49. The van der Waals surface area contributed by atoms with Crippen LogP contribution < -0.4 is 0 Å². The van der Waals surface area contributed by atoms with Gasteiger partial charge in [-0.05, 0) is 0 Å². The van der Waals surface area contributed by atoms with Gasteiger partial charge in [-0.15, -0.1) is 0 Å². The summed E-state index contributed by atoms with van der Waals surface area (Å²) in [6.07, 6.45) is 0. The lowest BCUT2D eigenvalue weighted by atomic mass is 9.90. The largest absolute Gasteiger partial charge is 0.314 e. The van der Waals surface area contributed by atoms with Crippen LogP contribution in [0.3, 0.4) is 0 Å². The zero-order valence-electron chi connectivity index (χ0n) is 6.37. The lowest BCUT2D eigenvalue weighted by Gasteiger charge is -2.33. The molecule has 1 rings (SSSR count). The zero-order valence-corrected chi connectivity index (χ0v) is 6.37. The van der Waals surface area contributed by atoms with Gasteiger partial charge in [0.05, 0.1) is 0 Å². The van der Waals surface area contributed by atoms with Gasteiger partial charge in [-0.1, -0.05) is 13.8 Å². The highest BCUT2D eigenvalue weighted by Crippen LogP contribution is 2.17. The Kier molecular flexibility index (Phi) is 2.06. The van der Waals surface area contributed by atoms with Crippen LogP contribution >= 0.6 is 0 Å². The van der Waals surface area contributed by atoms with Gasteiger partial charge in [0.1, 0.15) is 5.78 Å². The molecule has 3 nitrogen and oxygen atoms in total. The summed E-state index contributed by atoms with van der Waals surface area (Å²) < 4.78 is 0. The first-order valence-corrected chi connectivity index (χ1v) is 3.59. The van der Waals surface area contributed by atoms with Gasteiger partial charge in [0.15, 0.2) is 0 Å². The average Bonchev–Trinajstić information content (AvgIpc) is 1.79. The van der Waals surface area contributed by atoms with Gasteiger partial charge in [0.25, 0.3) is 0 Å². The molecule has 1 saturated heterocycles. The normalized spacial score (nSPS) is 21.2. The number of hydrogen-bond donors (Lipinski definition) is 1. The van der Waals surface area contributed by atoms with Crippen molar-refractivity contribution in [2.45, 2.75) is 13.8 Å². The number of carbonyl (C=O) groups is 1. The number of rotatable bonds is 2. The molecule has 10 heavy (non-hydrogen) atoms. The molecule has 58 valence electrons. The van der Waals surface area contributed by atoms with Crippen molar-refractivity contribution >= 4 is 5.78 Å². The first-order chi connectivity index (χ1) is 4.61. The third-order valence-electron chi connectivity index (χ3n) is 1.83. The summed E-state index contributed by atoms with van der Waals surface area (Å²) in [4.78, 5) is 11.1. The van der Waals surface area contributed by atoms with Gasteiger partial charge < -0.3 is 5.21 Å². The molecule has 0 aromatic heterocycles. The Bertz CT molecular complexity index is 139. The van der Waals surface area contributed by atoms with Crippen LogP contribution in [0.15, 0.2) is 0 Å². The number of nitrogens with zero attached hydrogens (tertiary/aromatic N) is 1. The minimum Gasteiger partial charge on any atom is -0.314 e. The van der Waals surface area contributed by atoms with Crippen LogP contribution in [-0.4, -0.2) is 29.1 Å². The second-order valence-electron chi connectivity index (χ2n) is 3.13. The highest BCUT2D eigenvalue weighted by Gasteiger charge is 2.32. The molecule has 0 saturated carbocycles. The van der Waals surface area contributed by atoms with E-state index in [1.807, 2.05) is 13.8 Å². The predicted molar refractivity (Wildman–Crippen MR) is 36.7 cm³/mol. The molecule has 1 aliphatic heterocycles. The van der Waals surface area contributed by atoms with Gasteiger partial charge in [-0.2, -0.15) is 5.06 Å². The molecule has 0 aromatic carbocycles. The molecular weight excluding hydrogens is 130 g/mol. The zero-order chi connectivity index (χ0) is 7.72. The Morgan fingerprint density at radius 1 is 1.60 bits per heavy atom. The van der Waals surface area contributed by atoms with Crippen molar-refractivity contribution in [2.75, 3.05) is 13.1 Å². The summed E-state index contributed by atoms with van der Waals surface area (Å²) in [5.41, 5.74) is 0. The summed E-state index contributed by atoms with van der Waals surface area (Å²) in [6, 6.07) is 0. The van der Waals surface area contributed by atoms with Gasteiger partial charge in [0, 0.05) is 24.9 Å². The molecule has 1 fully saturated rings. The van der Waals surface area contributed by atoms with Crippen molar-refractivity contribution < 1.29 is 10.0 Å². The first kappa shape index (κ1) is 7.69. The van der Waals surface area contributed by atoms with Crippen molar-refractivity contribution in [3.05, 3.63) is 0 Å². The van der Waals surface area contributed by atoms with E-state index in [2.05, 4.69) is 0 Å². The number of hydrogen-bond acceptors (Lipinski definition) is 3.